The Labute approximate surface area is 131 Å². The highest BCUT2D eigenvalue weighted by molar-refractivity contribution is 9.10. The maximum absolute atomic E-state index is 5.92. The Morgan fingerprint density at radius 3 is 2.75 bits per heavy atom. The fraction of sp³-hybridized carbons (Fsp3) is 0.286. The Morgan fingerprint density at radius 2 is 2.00 bits per heavy atom. The van der Waals surface area contributed by atoms with Gasteiger partial charge in [-0.2, -0.15) is 0 Å². The van der Waals surface area contributed by atoms with E-state index in [4.69, 9.17) is 16.3 Å². The largest absolute Gasteiger partial charge is 0.380 e. The van der Waals surface area contributed by atoms with Crippen LogP contribution >= 0.6 is 27.5 Å². The first-order valence-corrected chi connectivity index (χ1v) is 7.35. The molecule has 0 radical (unpaired) electrons. The van der Waals surface area contributed by atoms with Gasteiger partial charge in [0.05, 0.1) is 11.1 Å². The molecule has 0 aliphatic heterocycles. The van der Waals surface area contributed by atoms with E-state index in [1.165, 1.54) is 17.5 Å². The lowest BCUT2D eigenvalue weighted by Gasteiger charge is -2.11. The first-order chi connectivity index (χ1) is 9.72. The fourth-order valence-corrected chi connectivity index (χ4v) is 2.36. The maximum atomic E-state index is 5.92. The molecule has 0 aliphatic carbocycles. The molecular weight excluding hydrogens is 342 g/mol. The zero-order chi connectivity index (χ0) is 14.4. The zero-order valence-corrected chi connectivity index (χ0v) is 13.4. The van der Waals surface area contributed by atoms with Crippen molar-refractivity contribution in [3.05, 3.63) is 51.3 Å². The Balaban J connectivity index is 1.98. The number of halogens is 2. The fourth-order valence-electron chi connectivity index (χ4n) is 1.88. The first-order valence-electron chi connectivity index (χ1n) is 6.18. The van der Waals surface area contributed by atoms with Crippen LogP contribution in [0.5, 0.6) is 0 Å². The predicted molar refractivity (Wildman–Crippen MR) is 84.1 cm³/mol. The van der Waals surface area contributed by atoms with Gasteiger partial charge in [0.15, 0.2) is 0 Å². The highest BCUT2D eigenvalue weighted by Gasteiger charge is 2.06. The van der Waals surface area contributed by atoms with Crippen LogP contribution in [0.2, 0.25) is 5.15 Å². The van der Waals surface area contributed by atoms with Crippen molar-refractivity contribution in [2.75, 3.05) is 19.0 Å². The topological polar surface area (TPSA) is 47.0 Å². The van der Waals surface area contributed by atoms with Crippen LogP contribution in [0.4, 0.5) is 5.82 Å². The number of methoxy groups -OCH3 is 1. The lowest BCUT2D eigenvalue weighted by atomic mass is 10.1. The van der Waals surface area contributed by atoms with Crippen molar-refractivity contribution in [2.24, 2.45) is 0 Å². The highest BCUT2D eigenvalue weighted by atomic mass is 79.9. The molecule has 0 saturated heterocycles. The molecule has 1 aromatic carbocycles. The SMILES string of the molecule is COCc1ccccc1CCNc1ncnc(Cl)c1Br. The van der Waals surface area contributed by atoms with Crippen LogP contribution < -0.4 is 5.32 Å². The maximum Gasteiger partial charge on any atom is 0.148 e. The van der Waals surface area contributed by atoms with Gasteiger partial charge in [0.1, 0.15) is 17.3 Å². The Bertz CT molecular complexity index is 580. The van der Waals surface area contributed by atoms with Crippen LogP contribution in [-0.2, 0) is 17.8 Å². The molecule has 2 aromatic rings. The predicted octanol–water partition coefficient (Wildman–Crippen LogP) is 3.69. The molecule has 0 aliphatic rings. The van der Waals surface area contributed by atoms with E-state index in [9.17, 15) is 0 Å². The smallest absolute Gasteiger partial charge is 0.148 e. The van der Waals surface area contributed by atoms with Crippen LogP contribution in [0, 0.1) is 0 Å². The standard InChI is InChI=1S/C14H15BrClN3O/c1-20-8-11-5-3-2-4-10(11)6-7-17-14-12(15)13(16)18-9-19-14/h2-5,9H,6-8H2,1H3,(H,17,18,19). The number of nitrogens with one attached hydrogen (secondary N) is 1. The highest BCUT2D eigenvalue weighted by Crippen LogP contribution is 2.25. The van der Waals surface area contributed by atoms with Gasteiger partial charge in [-0.15, -0.1) is 0 Å². The van der Waals surface area contributed by atoms with Crippen LogP contribution in [-0.4, -0.2) is 23.6 Å². The summed E-state index contributed by atoms with van der Waals surface area (Å²) in [6, 6.07) is 8.24. The second kappa shape index (κ2) is 7.57. The summed E-state index contributed by atoms with van der Waals surface area (Å²) < 4.78 is 5.89. The van der Waals surface area contributed by atoms with E-state index in [1.807, 2.05) is 12.1 Å². The molecule has 0 spiro atoms. The summed E-state index contributed by atoms with van der Waals surface area (Å²) in [4.78, 5) is 8.05. The van der Waals surface area contributed by atoms with Gasteiger partial charge in [-0.25, -0.2) is 9.97 Å². The molecule has 1 heterocycles. The minimum atomic E-state index is 0.405. The van der Waals surface area contributed by atoms with Crippen LogP contribution in [0.3, 0.4) is 0 Å². The Morgan fingerprint density at radius 1 is 1.25 bits per heavy atom. The third-order valence-corrected chi connectivity index (χ3v) is 4.12. The van der Waals surface area contributed by atoms with E-state index in [2.05, 4.69) is 43.3 Å². The molecule has 0 unspecified atom stereocenters. The molecule has 0 bridgehead atoms. The molecule has 0 fully saturated rings. The van der Waals surface area contributed by atoms with Crippen LogP contribution in [0.15, 0.2) is 35.1 Å². The molecule has 0 saturated carbocycles. The van der Waals surface area contributed by atoms with Gasteiger partial charge in [0, 0.05) is 13.7 Å². The van der Waals surface area contributed by atoms with E-state index in [1.54, 1.807) is 7.11 Å². The number of hydrogen-bond acceptors (Lipinski definition) is 4. The van der Waals surface area contributed by atoms with E-state index in [0.717, 1.165) is 13.0 Å². The average Bonchev–Trinajstić information content (AvgIpc) is 2.45. The molecular formula is C14H15BrClN3O. The number of nitrogens with zero attached hydrogens (tertiary/aromatic N) is 2. The summed E-state index contributed by atoms with van der Waals surface area (Å²) in [6.45, 7) is 1.38. The molecule has 2 rings (SSSR count). The molecule has 4 nitrogen and oxygen atoms in total. The summed E-state index contributed by atoms with van der Waals surface area (Å²) in [5.41, 5.74) is 2.47. The normalized spacial score (nSPS) is 10.6. The van der Waals surface area contributed by atoms with E-state index in [0.29, 0.717) is 22.1 Å². The lowest BCUT2D eigenvalue weighted by molar-refractivity contribution is 0.184. The van der Waals surface area contributed by atoms with Crippen molar-refractivity contribution >= 4 is 33.3 Å². The summed E-state index contributed by atoms with van der Waals surface area (Å²) in [5.74, 6) is 0.703. The molecule has 20 heavy (non-hydrogen) atoms. The van der Waals surface area contributed by atoms with Crippen molar-refractivity contribution < 1.29 is 4.74 Å². The Kier molecular flexibility index (Phi) is 5.76. The number of benzene rings is 1. The minimum absolute atomic E-state index is 0.405. The summed E-state index contributed by atoms with van der Waals surface area (Å²) in [5, 5.41) is 3.65. The number of rotatable bonds is 6. The van der Waals surface area contributed by atoms with Gasteiger partial charge in [0.25, 0.3) is 0 Å². The van der Waals surface area contributed by atoms with E-state index >= 15 is 0 Å². The average molecular weight is 357 g/mol. The second-order valence-electron chi connectivity index (χ2n) is 4.21. The monoisotopic (exact) mass is 355 g/mol. The van der Waals surface area contributed by atoms with E-state index < -0.39 is 0 Å². The van der Waals surface area contributed by atoms with Crippen molar-refractivity contribution in [3.8, 4) is 0 Å². The van der Waals surface area contributed by atoms with Crippen molar-refractivity contribution in [1.29, 1.82) is 0 Å². The molecule has 6 heteroatoms. The minimum Gasteiger partial charge on any atom is -0.380 e. The molecule has 0 amide bonds. The third kappa shape index (κ3) is 3.91. The van der Waals surface area contributed by atoms with E-state index in [-0.39, 0.29) is 0 Å². The van der Waals surface area contributed by atoms with Gasteiger partial charge in [-0.05, 0) is 33.5 Å². The number of ether oxygens (including phenoxy) is 1. The zero-order valence-electron chi connectivity index (χ0n) is 11.1. The Hall–Kier alpha value is -1.17. The van der Waals surface area contributed by atoms with Crippen molar-refractivity contribution in [1.82, 2.24) is 9.97 Å². The summed E-state index contributed by atoms with van der Waals surface area (Å²) in [7, 11) is 1.70. The van der Waals surface area contributed by atoms with Crippen molar-refractivity contribution in [3.63, 3.8) is 0 Å². The summed E-state index contributed by atoms with van der Waals surface area (Å²) in [6.07, 6.45) is 2.32. The molecule has 106 valence electrons. The van der Waals surface area contributed by atoms with Crippen molar-refractivity contribution in [2.45, 2.75) is 13.0 Å². The number of anilines is 1. The quantitative estimate of drug-likeness (QED) is 0.802. The van der Waals surface area contributed by atoms with Gasteiger partial charge < -0.3 is 10.1 Å². The van der Waals surface area contributed by atoms with Gasteiger partial charge in [-0.1, -0.05) is 35.9 Å². The first kappa shape index (κ1) is 15.2. The van der Waals surface area contributed by atoms with Gasteiger partial charge >= 0.3 is 0 Å². The number of aromatic nitrogens is 2. The van der Waals surface area contributed by atoms with Gasteiger partial charge in [-0.3, -0.25) is 0 Å². The lowest BCUT2D eigenvalue weighted by Crippen LogP contribution is -2.09. The van der Waals surface area contributed by atoms with Gasteiger partial charge in [0.2, 0.25) is 0 Å². The van der Waals surface area contributed by atoms with Crippen LogP contribution in [0.25, 0.3) is 0 Å². The molecule has 1 aromatic heterocycles. The molecule has 1 N–H and O–H groups in total. The van der Waals surface area contributed by atoms with Crippen LogP contribution in [0.1, 0.15) is 11.1 Å². The molecule has 0 atom stereocenters. The third-order valence-electron chi connectivity index (χ3n) is 2.85. The second-order valence-corrected chi connectivity index (χ2v) is 5.36. The summed E-state index contributed by atoms with van der Waals surface area (Å²) >= 11 is 9.29. The number of hydrogen-bond donors (Lipinski definition) is 1.